The molecule has 2 aliphatic heterocycles. The molecule has 0 aromatic heterocycles. The Morgan fingerprint density at radius 1 is 1.17 bits per heavy atom. The lowest BCUT2D eigenvalue weighted by molar-refractivity contribution is -0.142. The van der Waals surface area contributed by atoms with E-state index < -0.39 is 18.0 Å². The molecule has 1 aromatic rings. The van der Waals surface area contributed by atoms with Gasteiger partial charge in [0.2, 0.25) is 5.91 Å². The first-order chi connectivity index (χ1) is 13.9. The summed E-state index contributed by atoms with van der Waals surface area (Å²) in [4.78, 5) is 51.6. The Morgan fingerprint density at radius 3 is 2.52 bits per heavy atom. The third-order valence-electron chi connectivity index (χ3n) is 5.42. The number of hydrogen-bond acceptors (Lipinski definition) is 5. The van der Waals surface area contributed by atoms with Crippen LogP contribution in [0.1, 0.15) is 31.2 Å². The molecule has 2 heterocycles. The molecule has 9 heteroatoms. The van der Waals surface area contributed by atoms with E-state index in [9.17, 15) is 19.2 Å². The third-order valence-corrected chi connectivity index (χ3v) is 5.79. The molecule has 3 rings (SSSR count). The van der Waals surface area contributed by atoms with Crippen molar-refractivity contribution < 1.29 is 23.9 Å². The standard InChI is InChI=1S/C20H24ClN3O5/c1-29-18(26)10-13-6-8-23(9-7-13)17(25)11-16-19(27)24(20(28)22-16)12-14-4-2-3-5-15(14)21/h2-5,13,16H,6-12H2,1H3,(H,22,28)/t16-/m1/s1. The Balaban J connectivity index is 1.52. The van der Waals surface area contributed by atoms with Gasteiger partial charge in [-0.05, 0) is 30.4 Å². The molecule has 1 atom stereocenters. The van der Waals surface area contributed by atoms with Crippen LogP contribution in [-0.2, 0) is 25.7 Å². The van der Waals surface area contributed by atoms with Crippen molar-refractivity contribution in [3.05, 3.63) is 34.9 Å². The van der Waals surface area contributed by atoms with Gasteiger partial charge in [-0.15, -0.1) is 0 Å². The minimum absolute atomic E-state index is 0.0634. The van der Waals surface area contributed by atoms with E-state index in [0.717, 1.165) is 4.90 Å². The van der Waals surface area contributed by atoms with Gasteiger partial charge in [-0.3, -0.25) is 19.3 Å². The molecule has 0 aliphatic carbocycles. The van der Waals surface area contributed by atoms with Crippen molar-refractivity contribution in [2.75, 3.05) is 20.2 Å². The highest BCUT2D eigenvalue weighted by atomic mass is 35.5. The number of benzene rings is 1. The second kappa shape index (κ2) is 9.26. The quantitative estimate of drug-likeness (QED) is 0.559. The van der Waals surface area contributed by atoms with Gasteiger partial charge in [-0.25, -0.2) is 4.79 Å². The summed E-state index contributed by atoms with van der Waals surface area (Å²) in [6.07, 6.45) is 1.70. The molecule has 0 bridgehead atoms. The van der Waals surface area contributed by atoms with E-state index in [1.807, 2.05) is 0 Å². The number of ether oxygens (including phenoxy) is 1. The molecule has 0 unspecified atom stereocenters. The van der Waals surface area contributed by atoms with Gasteiger partial charge in [0.05, 0.1) is 20.1 Å². The number of esters is 1. The molecule has 1 aromatic carbocycles. The largest absolute Gasteiger partial charge is 0.469 e. The van der Waals surface area contributed by atoms with Gasteiger partial charge < -0.3 is 15.0 Å². The number of carbonyl (C=O) groups excluding carboxylic acids is 4. The van der Waals surface area contributed by atoms with Crippen molar-refractivity contribution in [3.8, 4) is 0 Å². The number of rotatable bonds is 6. The first kappa shape index (κ1) is 21.1. The first-order valence-corrected chi connectivity index (χ1v) is 9.96. The van der Waals surface area contributed by atoms with Gasteiger partial charge in [0.15, 0.2) is 0 Å². The van der Waals surface area contributed by atoms with Gasteiger partial charge in [0, 0.05) is 24.5 Å². The third kappa shape index (κ3) is 5.06. The zero-order chi connectivity index (χ0) is 21.0. The van der Waals surface area contributed by atoms with Crippen molar-refractivity contribution in [3.63, 3.8) is 0 Å². The summed E-state index contributed by atoms with van der Waals surface area (Å²) in [6, 6.07) is 5.60. The summed E-state index contributed by atoms with van der Waals surface area (Å²) < 4.78 is 4.69. The summed E-state index contributed by atoms with van der Waals surface area (Å²) in [7, 11) is 1.36. The zero-order valence-electron chi connectivity index (χ0n) is 16.2. The number of likely N-dealkylation sites (tertiary alicyclic amines) is 1. The highest BCUT2D eigenvalue weighted by Crippen LogP contribution is 2.23. The number of nitrogens with zero attached hydrogens (tertiary/aromatic N) is 2. The molecular formula is C20H24ClN3O5. The fourth-order valence-electron chi connectivity index (χ4n) is 3.67. The van der Waals surface area contributed by atoms with Crippen LogP contribution in [0, 0.1) is 5.92 Å². The lowest BCUT2D eigenvalue weighted by Gasteiger charge is -2.32. The van der Waals surface area contributed by atoms with E-state index in [2.05, 4.69) is 10.1 Å². The highest BCUT2D eigenvalue weighted by molar-refractivity contribution is 6.31. The van der Waals surface area contributed by atoms with E-state index in [4.69, 9.17) is 11.6 Å². The maximum atomic E-state index is 12.6. The van der Waals surface area contributed by atoms with Crippen molar-refractivity contribution >= 4 is 35.4 Å². The summed E-state index contributed by atoms with van der Waals surface area (Å²) in [6.45, 7) is 1.12. The molecule has 1 N–H and O–H groups in total. The van der Waals surface area contributed by atoms with Crippen molar-refractivity contribution in [2.45, 2.75) is 38.3 Å². The van der Waals surface area contributed by atoms with Gasteiger partial charge in [0.1, 0.15) is 6.04 Å². The molecule has 156 valence electrons. The van der Waals surface area contributed by atoms with E-state index in [1.54, 1.807) is 29.2 Å². The highest BCUT2D eigenvalue weighted by Gasteiger charge is 2.40. The summed E-state index contributed by atoms with van der Waals surface area (Å²) >= 11 is 6.11. The maximum Gasteiger partial charge on any atom is 0.325 e. The maximum absolute atomic E-state index is 12.6. The molecule has 8 nitrogen and oxygen atoms in total. The number of amides is 4. The molecule has 4 amide bonds. The lowest BCUT2D eigenvalue weighted by atomic mass is 9.93. The van der Waals surface area contributed by atoms with Gasteiger partial charge in [0.25, 0.3) is 5.91 Å². The van der Waals surface area contributed by atoms with Gasteiger partial charge in [-0.1, -0.05) is 29.8 Å². The monoisotopic (exact) mass is 421 g/mol. The topological polar surface area (TPSA) is 96.0 Å². The van der Waals surface area contributed by atoms with Crippen LogP contribution in [0.25, 0.3) is 0 Å². The molecule has 0 radical (unpaired) electrons. The number of imide groups is 1. The average molecular weight is 422 g/mol. The van der Waals surface area contributed by atoms with E-state index in [1.165, 1.54) is 7.11 Å². The number of methoxy groups -OCH3 is 1. The molecule has 29 heavy (non-hydrogen) atoms. The van der Waals surface area contributed by atoms with Gasteiger partial charge >= 0.3 is 12.0 Å². The Morgan fingerprint density at radius 2 is 1.86 bits per heavy atom. The Labute approximate surface area is 174 Å². The van der Waals surface area contributed by atoms with Crippen LogP contribution < -0.4 is 5.32 Å². The van der Waals surface area contributed by atoms with Crippen LogP contribution in [0.3, 0.4) is 0 Å². The summed E-state index contributed by atoms with van der Waals surface area (Å²) in [5.74, 6) is -0.651. The average Bonchev–Trinajstić information content (AvgIpc) is 2.97. The lowest BCUT2D eigenvalue weighted by Crippen LogP contribution is -2.43. The molecular weight excluding hydrogens is 398 g/mol. The van der Waals surface area contributed by atoms with Crippen LogP contribution in [0.2, 0.25) is 5.02 Å². The smallest absolute Gasteiger partial charge is 0.325 e. The predicted molar refractivity (Wildman–Crippen MR) is 105 cm³/mol. The Bertz CT molecular complexity index is 807. The number of halogens is 1. The molecule has 2 saturated heterocycles. The number of carbonyl (C=O) groups is 4. The predicted octanol–water partition coefficient (Wildman–Crippen LogP) is 1.95. The van der Waals surface area contributed by atoms with Gasteiger partial charge in [-0.2, -0.15) is 0 Å². The van der Waals surface area contributed by atoms with Crippen LogP contribution in [-0.4, -0.2) is 59.9 Å². The van der Waals surface area contributed by atoms with Crippen LogP contribution in [0.15, 0.2) is 24.3 Å². The fourth-order valence-corrected chi connectivity index (χ4v) is 3.87. The SMILES string of the molecule is COC(=O)CC1CCN(C(=O)C[C@H]2NC(=O)N(Cc3ccccc3Cl)C2=O)CC1. The fraction of sp³-hybridized carbons (Fsp3) is 0.500. The van der Waals surface area contributed by atoms with E-state index in [-0.39, 0.29) is 30.8 Å². The van der Waals surface area contributed by atoms with Crippen LogP contribution in [0.5, 0.6) is 0 Å². The van der Waals surface area contributed by atoms with E-state index >= 15 is 0 Å². The normalized spacial score (nSPS) is 20.0. The van der Waals surface area contributed by atoms with Crippen molar-refractivity contribution in [1.82, 2.24) is 15.1 Å². The number of hydrogen-bond donors (Lipinski definition) is 1. The number of urea groups is 1. The minimum atomic E-state index is -0.870. The molecule has 0 spiro atoms. The number of nitrogens with one attached hydrogen (secondary N) is 1. The zero-order valence-corrected chi connectivity index (χ0v) is 17.0. The summed E-state index contributed by atoms with van der Waals surface area (Å²) in [5.41, 5.74) is 0.664. The number of piperidine rings is 1. The minimum Gasteiger partial charge on any atom is -0.469 e. The van der Waals surface area contributed by atoms with Crippen molar-refractivity contribution in [2.24, 2.45) is 5.92 Å². The molecule has 2 aliphatic rings. The van der Waals surface area contributed by atoms with Crippen LogP contribution in [0.4, 0.5) is 4.79 Å². The summed E-state index contributed by atoms with van der Waals surface area (Å²) in [5, 5.41) is 3.07. The molecule has 2 fully saturated rings. The van der Waals surface area contributed by atoms with Crippen molar-refractivity contribution in [1.29, 1.82) is 0 Å². The molecule has 0 saturated carbocycles. The second-order valence-electron chi connectivity index (χ2n) is 7.33. The first-order valence-electron chi connectivity index (χ1n) is 9.59. The Hall–Kier alpha value is -2.61. The Kier molecular flexibility index (Phi) is 6.74. The van der Waals surface area contributed by atoms with E-state index in [0.29, 0.717) is 42.9 Å². The second-order valence-corrected chi connectivity index (χ2v) is 7.73. The van der Waals surface area contributed by atoms with Crippen LogP contribution >= 0.6 is 11.6 Å².